The topological polar surface area (TPSA) is 113 Å². The number of allylic oxidation sites excluding steroid dienone is 4. The molecular weight excluding hydrogens is 550 g/mol. The number of hydrogen-bond acceptors (Lipinski definition) is 6. The summed E-state index contributed by atoms with van der Waals surface area (Å²) in [5, 5.41) is 4.05. The van der Waals surface area contributed by atoms with E-state index in [2.05, 4.69) is 41.2 Å². The standard InChI is InChI=1S/C32H35N3O2.CH4O3S/c1-4-6-17-35(18-7-5-2)26-14-16-31-28(21-26)27-20-25(9-8-10-30(27)37-31)34-32(36)24-13-15-29-23(19-24)12-11-22(3)33-29;1-5(2,3)4/h8-16,19-20H,4-7,17-18,21H2,1-3H3,(H,34,36);1H3,(H,2,3,4). The maximum atomic E-state index is 13.2. The summed E-state index contributed by atoms with van der Waals surface area (Å²) in [6.07, 6.45) is 18.5. The molecule has 1 aromatic carbocycles. The molecule has 0 unspecified atom stereocenters. The number of carbonyl (C=O) groups is 1. The molecule has 0 aliphatic heterocycles. The highest BCUT2D eigenvalue weighted by Gasteiger charge is 2.20. The highest BCUT2D eigenvalue weighted by Crippen LogP contribution is 2.21. The van der Waals surface area contributed by atoms with Gasteiger partial charge in [0.2, 0.25) is 0 Å². The number of nitrogens with one attached hydrogen (secondary N) is 1. The molecule has 0 atom stereocenters. The highest BCUT2D eigenvalue weighted by atomic mass is 32.2. The zero-order chi connectivity index (χ0) is 30.3. The van der Waals surface area contributed by atoms with E-state index in [1.807, 2.05) is 61.6 Å². The first-order valence-electron chi connectivity index (χ1n) is 14.3. The van der Waals surface area contributed by atoms with Crippen LogP contribution in [0, 0.1) is 6.92 Å². The van der Waals surface area contributed by atoms with E-state index in [9.17, 15) is 13.2 Å². The molecule has 1 amide bonds. The second kappa shape index (κ2) is 13.8. The van der Waals surface area contributed by atoms with Crippen molar-refractivity contribution in [3.05, 3.63) is 93.2 Å². The van der Waals surface area contributed by atoms with Crippen LogP contribution in [-0.4, -0.2) is 48.1 Å². The van der Waals surface area contributed by atoms with E-state index >= 15 is 0 Å². The van der Waals surface area contributed by atoms with Crippen molar-refractivity contribution in [2.24, 2.45) is 0 Å². The van der Waals surface area contributed by atoms with E-state index in [1.54, 1.807) is 0 Å². The molecule has 42 heavy (non-hydrogen) atoms. The van der Waals surface area contributed by atoms with Crippen LogP contribution in [0.25, 0.3) is 29.1 Å². The Bertz CT molecular complexity index is 1770. The number of pyridine rings is 1. The van der Waals surface area contributed by atoms with Crippen molar-refractivity contribution in [1.82, 2.24) is 15.2 Å². The quantitative estimate of drug-likeness (QED) is 0.342. The number of aromatic nitrogens is 1. The molecule has 0 spiro atoms. The lowest BCUT2D eigenvalue weighted by Crippen LogP contribution is -2.29. The zero-order valence-corrected chi connectivity index (χ0v) is 25.5. The zero-order valence-electron chi connectivity index (χ0n) is 24.7. The lowest BCUT2D eigenvalue weighted by Gasteiger charge is -2.28. The van der Waals surface area contributed by atoms with E-state index in [4.69, 9.17) is 8.97 Å². The van der Waals surface area contributed by atoms with Crippen LogP contribution in [0.2, 0.25) is 0 Å². The maximum absolute atomic E-state index is 13.2. The van der Waals surface area contributed by atoms with Gasteiger partial charge in [-0.3, -0.25) is 14.3 Å². The van der Waals surface area contributed by atoms with E-state index in [1.165, 1.54) is 36.9 Å². The van der Waals surface area contributed by atoms with Crippen LogP contribution in [-0.2, 0) is 16.5 Å². The fourth-order valence-electron chi connectivity index (χ4n) is 4.93. The molecule has 2 N–H and O–H groups in total. The van der Waals surface area contributed by atoms with Crippen molar-refractivity contribution in [3.63, 3.8) is 0 Å². The lowest BCUT2D eigenvalue weighted by molar-refractivity contribution is 0.0967. The summed E-state index contributed by atoms with van der Waals surface area (Å²) in [6.45, 7) is 8.61. The first-order chi connectivity index (χ1) is 20.1. The summed E-state index contributed by atoms with van der Waals surface area (Å²) < 4.78 is 32.1. The Balaban J connectivity index is 0.000000748. The van der Waals surface area contributed by atoms with Gasteiger partial charge in [-0.25, -0.2) is 0 Å². The third-order valence-electron chi connectivity index (χ3n) is 7.03. The first kappa shape index (κ1) is 31.0. The van der Waals surface area contributed by atoms with Crippen molar-refractivity contribution >= 4 is 45.2 Å². The van der Waals surface area contributed by atoms with E-state index < -0.39 is 10.1 Å². The Kier molecular flexibility index (Phi) is 10.2. The van der Waals surface area contributed by atoms with Gasteiger partial charge >= 0.3 is 0 Å². The Morgan fingerprint density at radius 3 is 2.45 bits per heavy atom. The summed E-state index contributed by atoms with van der Waals surface area (Å²) in [6, 6.07) is 9.59. The number of nitrogens with zero attached hydrogens (tertiary/aromatic N) is 2. The molecule has 0 saturated carbocycles. The van der Waals surface area contributed by atoms with Crippen LogP contribution in [0.1, 0.15) is 66.7 Å². The summed E-state index contributed by atoms with van der Waals surface area (Å²) in [7, 11) is -3.67. The smallest absolute Gasteiger partial charge is 0.261 e. The summed E-state index contributed by atoms with van der Waals surface area (Å²) in [5.41, 5.74) is 8.51. The van der Waals surface area contributed by atoms with Crippen molar-refractivity contribution in [1.29, 1.82) is 0 Å². The molecule has 9 heteroatoms. The molecule has 0 fully saturated rings. The molecule has 8 nitrogen and oxygen atoms in total. The minimum absolute atomic E-state index is 0.142. The van der Waals surface area contributed by atoms with Crippen LogP contribution in [0.3, 0.4) is 0 Å². The predicted molar refractivity (Wildman–Crippen MR) is 169 cm³/mol. The number of unbranched alkanes of at least 4 members (excludes halogenated alkanes) is 2. The minimum atomic E-state index is -3.67. The van der Waals surface area contributed by atoms with Crippen LogP contribution in [0.15, 0.2) is 64.4 Å². The Hall–Kier alpha value is -3.95. The van der Waals surface area contributed by atoms with Crippen LogP contribution < -0.4 is 16.1 Å². The molecule has 2 aliphatic rings. The third-order valence-corrected chi connectivity index (χ3v) is 7.03. The van der Waals surface area contributed by atoms with Crippen LogP contribution in [0.5, 0.6) is 0 Å². The predicted octanol–water partition coefficient (Wildman–Crippen LogP) is 4.88. The number of benzene rings is 1. The molecule has 222 valence electrons. The SMILES string of the molecule is CCCCN(CCCC)C1=CC=c2oc3c(c2C1)C=C(NC(=O)c1ccc2nc(C)ccc2c1)C=CC=3.CS(=O)(=O)O. The molecule has 2 aromatic heterocycles. The molecule has 3 aromatic rings. The van der Waals surface area contributed by atoms with E-state index in [0.29, 0.717) is 11.8 Å². The largest absolute Gasteiger partial charge is 0.456 e. The number of aryl methyl sites for hydroxylation is 1. The van der Waals surface area contributed by atoms with Gasteiger partial charge in [-0.2, -0.15) is 8.42 Å². The van der Waals surface area contributed by atoms with Crippen LogP contribution >= 0.6 is 0 Å². The van der Waals surface area contributed by atoms with Gasteiger partial charge in [0.15, 0.2) is 0 Å². The number of fused-ring (bicyclic) bond motifs is 4. The molecule has 0 radical (unpaired) electrons. The lowest BCUT2D eigenvalue weighted by atomic mass is 10.0. The molecule has 5 rings (SSSR count). The van der Waals surface area contributed by atoms with Gasteiger partial charge in [0.25, 0.3) is 16.0 Å². The fraction of sp³-hybridized carbons (Fsp3) is 0.333. The van der Waals surface area contributed by atoms with Gasteiger partial charge in [-0.15, -0.1) is 0 Å². The number of rotatable bonds is 9. The molecule has 2 aliphatic carbocycles. The number of carbonyl (C=O) groups excluding carboxylic acids is 1. The minimum Gasteiger partial charge on any atom is -0.456 e. The van der Waals surface area contributed by atoms with Crippen molar-refractivity contribution < 1.29 is 22.2 Å². The average Bonchev–Trinajstić information content (AvgIpc) is 3.15. The average molecular weight is 590 g/mol. The van der Waals surface area contributed by atoms with Gasteiger partial charge < -0.3 is 14.6 Å². The summed E-state index contributed by atoms with van der Waals surface area (Å²) in [4.78, 5) is 20.2. The van der Waals surface area contributed by atoms with Gasteiger partial charge in [-0.05, 0) is 74.4 Å². The monoisotopic (exact) mass is 589 g/mol. The highest BCUT2D eigenvalue weighted by molar-refractivity contribution is 7.85. The van der Waals surface area contributed by atoms with Crippen molar-refractivity contribution in [2.45, 2.75) is 52.9 Å². The number of furan rings is 1. The molecular formula is C33H39N3O5S. The second-order valence-electron chi connectivity index (χ2n) is 10.6. The third kappa shape index (κ3) is 8.30. The van der Waals surface area contributed by atoms with Crippen LogP contribution in [0.4, 0.5) is 0 Å². The Morgan fingerprint density at radius 2 is 1.76 bits per heavy atom. The summed E-state index contributed by atoms with van der Waals surface area (Å²) >= 11 is 0. The molecule has 0 bridgehead atoms. The second-order valence-corrected chi connectivity index (χ2v) is 12.1. The maximum Gasteiger partial charge on any atom is 0.261 e. The molecule has 0 saturated heterocycles. The first-order valence-corrected chi connectivity index (χ1v) is 16.2. The van der Waals surface area contributed by atoms with E-state index in [-0.39, 0.29) is 5.91 Å². The normalized spacial score (nSPS) is 13.7. The van der Waals surface area contributed by atoms with E-state index in [0.717, 1.165) is 58.2 Å². The summed E-state index contributed by atoms with van der Waals surface area (Å²) in [5.74, 6) is -0.142. The Labute approximate surface area is 247 Å². The number of amides is 1. The van der Waals surface area contributed by atoms with Crippen molar-refractivity contribution in [3.8, 4) is 0 Å². The fourth-order valence-corrected chi connectivity index (χ4v) is 4.93. The molecule has 2 heterocycles. The van der Waals surface area contributed by atoms with Gasteiger partial charge in [0.1, 0.15) is 10.8 Å². The van der Waals surface area contributed by atoms with Gasteiger partial charge in [0, 0.05) is 58.7 Å². The van der Waals surface area contributed by atoms with Gasteiger partial charge in [-0.1, -0.05) is 38.8 Å². The van der Waals surface area contributed by atoms with Crippen molar-refractivity contribution in [2.75, 3.05) is 19.3 Å². The number of hydrogen-bond donors (Lipinski definition) is 2. The van der Waals surface area contributed by atoms with Gasteiger partial charge in [0.05, 0.1) is 11.8 Å². The Morgan fingerprint density at radius 1 is 1.05 bits per heavy atom.